The normalized spacial score (nSPS) is 18.7. The van der Waals surface area contributed by atoms with Gasteiger partial charge in [-0.1, -0.05) is 5.16 Å². The number of nitrogens with zero attached hydrogens (tertiary/aromatic N) is 5. The molecule has 1 saturated heterocycles. The number of hydrogen-bond donors (Lipinski definition) is 4. The van der Waals surface area contributed by atoms with Crippen molar-refractivity contribution in [2.75, 3.05) is 18.6 Å². The Morgan fingerprint density at radius 2 is 2.20 bits per heavy atom. The highest BCUT2D eigenvalue weighted by Gasteiger charge is 2.53. The molecule has 5 rings (SSSR count). The molecule has 0 bridgehead atoms. The van der Waals surface area contributed by atoms with Crippen molar-refractivity contribution in [3.63, 3.8) is 0 Å². The van der Waals surface area contributed by atoms with E-state index in [1.165, 1.54) is 30.3 Å². The fourth-order valence-corrected chi connectivity index (χ4v) is 6.17. The molecule has 2 aliphatic rings. The van der Waals surface area contributed by atoms with Crippen LogP contribution in [0.2, 0.25) is 0 Å². The summed E-state index contributed by atoms with van der Waals surface area (Å²) in [5.41, 5.74) is 12.4. The number of aromatic nitrogens is 4. The minimum absolute atomic E-state index is 0.140. The van der Waals surface area contributed by atoms with Crippen LogP contribution < -0.4 is 26.5 Å². The molecule has 206 valence electrons. The first-order valence-corrected chi connectivity index (χ1v) is 13.5. The predicted molar refractivity (Wildman–Crippen MR) is 140 cm³/mol. The number of primary amides is 1. The van der Waals surface area contributed by atoms with E-state index in [0.29, 0.717) is 16.8 Å². The number of β-lactam (4-membered cyclic amide) rings is 1. The van der Waals surface area contributed by atoms with Crippen LogP contribution in [0.25, 0.3) is 11.3 Å². The summed E-state index contributed by atoms with van der Waals surface area (Å²) in [4.78, 5) is 59.4. The van der Waals surface area contributed by atoms with E-state index < -0.39 is 35.1 Å². The minimum Gasteiger partial charge on any atom is -0.543 e. The number of oxime groups is 1. The maximum Gasteiger partial charge on any atom is 0.276 e. The third-order valence-corrected chi connectivity index (χ3v) is 8.07. The zero-order chi connectivity index (χ0) is 28.6. The molecule has 3 aromatic rings. The van der Waals surface area contributed by atoms with Crippen LogP contribution in [0.3, 0.4) is 0 Å². The molecule has 0 saturated carbocycles. The lowest BCUT2D eigenvalue weighted by Gasteiger charge is -2.50. The summed E-state index contributed by atoms with van der Waals surface area (Å²) in [6, 6.07) is 4.02. The maximum atomic E-state index is 13.1. The number of rotatable bonds is 9. The van der Waals surface area contributed by atoms with Gasteiger partial charge in [0, 0.05) is 22.8 Å². The number of aromatic amines is 1. The third kappa shape index (κ3) is 4.98. The van der Waals surface area contributed by atoms with E-state index in [4.69, 9.17) is 16.3 Å². The predicted octanol–water partition coefficient (Wildman–Crippen LogP) is -2.04. The fourth-order valence-electron chi connectivity index (χ4n) is 4.28. The Bertz CT molecular complexity index is 1600. The van der Waals surface area contributed by atoms with Crippen molar-refractivity contribution in [2.24, 2.45) is 10.9 Å². The summed E-state index contributed by atoms with van der Waals surface area (Å²) < 4.78 is 1.73. The average Bonchev–Trinajstić information content (AvgIpc) is 3.60. The van der Waals surface area contributed by atoms with E-state index in [9.17, 15) is 24.3 Å². The number of nitrogen functional groups attached to an aromatic ring is 1. The Kier molecular flexibility index (Phi) is 7.22. The second-order valence-corrected chi connectivity index (χ2v) is 10.6. The fraction of sp³-hybridized carbons (Fsp3) is 0.217. The number of carbonyl (C=O) groups is 4. The molecule has 15 nitrogen and oxygen atoms in total. The minimum atomic E-state index is -1.51. The second-order valence-electron chi connectivity index (χ2n) is 8.59. The van der Waals surface area contributed by atoms with Gasteiger partial charge in [0.15, 0.2) is 29.8 Å². The summed E-state index contributed by atoms with van der Waals surface area (Å²) in [5, 5.41) is 26.2. The third-order valence-electron chi connectivity index (χ3n) is 6.06. The van der Waals surface area contributed by atoms with Crippen LogP contribution in [0, 0.1) is 0 Å². The van der Waals surface area contributed by atoms with Gasteiger partial charge >= 0.3 is 0 Å². The van der Waals surface area contributed by atoms with E-state index in [1.807, 2.05) is 0 Å². The number of fused-ring (bicyclic) bond motifs is 1. The van der Waals surface area contributed by atoms with Crippen molar-refractivity contribution in [1.29, 1.82) is 0 Å². The SMILES string of the molecule is CO/N=C(\C(=O)N[C@@H]1C(=O)N2C(C(=O)[O-])=C(C[n+]3cccc(-c4cc(C(N)=O)[nH]n4)c3)CS[C@H]12)c1csc(N)n1. The van der Waals surface area contributed by atoms with Gasteiger partial charge in [-0.3, -0.25) is 24.4 Å². The van der Waals surface area contributed by atoms with E-state index in [2.05, 4.69) is 25.7 Å². The largest absolute Gasteiger partial charge is 0.543 e. The number of hydrogen-bond acceptors (Lipinski definition) is 12. The highest BCUT2D eigenvalue weighted by molar-refractivity contribution is 8.00. The lowest BCUT2D eigenvalue weighted by Crippen LogP contribution is -2.71. The molecule has 1 fully saturated rings. The number of pyridine rings is 1. The van der Waals surface area contributed by atoms with Crippen molar-refractivity contribution < 1.29 is 33.7 Å². The number of nitrogens with one attached hydrogen (secondary N) is 2. The first-order chi connectivity index (χ1) is 19.2. The number of carboxylic acid groups (broad SMARTS) is 1. The molecule has 6 N–H and O–H groups in total. The molecule has 0 aliphatic carbocycles. The van der Waals surface area contributed by atoms with Crippen LogP contribution in [0.1, 0.15) is 16.2 Å². The molecular weight excluding hydrogens is 562 g/mol. The summed E-state index contributed by atoms with van der Waals surface area (Å²) in [6.45, 7) is 0.140. The van der Waals surface area contributed by atoms with Crippen LogP contribution >= 0.6 is 23.1 Å². The topological polar surface area (TPSA) is 226 Å². The number of aliphatic carboxylic acids is 1. The zero-order valence-corrected chi connectivity index (χ0v) is 22.3. The molecule has 40 heavy (non-hydrogen) atoms. The number of H-pyrrole nitrogens is 1. The Hall–Kier alpha value is -4.77. The monoisotopic (exact) mass is 583 g/mol. The number of anilines is 1. The smallest absolute Gasteiger partial charge is 0.276 e. The first kappa shape index (κ1) is 26.8. The highest BCUT2D eigenvalue weighted by Crippen LogP contribution is 2.40. The number of thiazole rings is 1. The molecule has 17 heteroatoms. The molecule has 0 radical (unpaired) electrons. The highest BCUT2D eigenvalue weighted by atomic mass is 32.2. The Labute approximate surface area is 233 Å². The molecule has 5 heterocycles. The van der Waals surface area contributed by atoms with Crippen LogP contribution in [0.15, 0.2) is 52.4 Å². The number of carboxylic acids is 1. The Morgan fingerprint density at radius 1 is 1.40 bits per heavy atom. The molecule has 2 aliphatic heterocycles. The van der Waals surface area contributed by atoms with E-state index in [-0.39, 0.29) is 40.2 Å². The summed E-state index contributed by atoms with van der Waals surface area (Å²) in [6.07, 6.45) is 3.45. The molecule has 2 atom stereocenters. The van der Waals surface area contributed by atoms with Crippen LogP contribution in [-0.4, -0.2) is 73.8 Å². The maximum absolute atomic E-state index is 13.1. The molecule has 3 aromatic heterocycles. The van der Waals surface area contributed by atoms with Crippen LogP contribution in [0.4, 0.5) is 5.13 Å². The van der Waals surface area contributed by atoms with E-state index in [0.717, 1.165) is 16.2 Å². The number of nitrogens with two attached hydrogens (primary N) is 2. The second kappa shape index (κ2) is 10.8. The zero-order valence-electron chi connectivity index (χ0n) is 20.7. The Balaban J connectivity index is 1.34. The van der Waals surface area contributed by atoms with Crippen LogP contribution in [-0.2, 0) is 25.8 Å². The standard InChI is InChI=1S/C23H21N9O6S2/c1-38-30-15(14-9-40-23(25)26-14)19(34)27-16-20(35)32-17(22(36)37)11(8-39-21(16)32)7-31-4-2-3-10(6-31)12-5-13(18(24)33)29-28-12/h2-6,9,16,21H,7-8H2,1H3,(H6-,24,25,26,27,28,29,33,34,36,37)/b30-15-/t16-,21-/m1/s1. The van der Waals surface area contributed by atoms with Crippen molar-refractivity contribution in [1.82, 2.24) is 25.4 Å². The number of carbonyl (C=O) groups excluding carboxylic acids is 4. The molecule has 0 spiro atoms. The van der Waals surface area contributed by atoms with Gasteiger partial charge in [0.1, 0.15) is 29.9 Å². The molecule has 0 aromatic carbocycles. The van der Waals surface area contributed by atoms with Crippen molar-refractivity contribution in [2.45, 2.75) is 18.0 Å². The quantitative estimate of drug-likeness (QED) is 0.0933. The van der Waals surface area contributed by atoms with Gasteiger partial charge in [-0.2, -0.15) is 5.10 Å². The first-order valence-electron chi connectivity index (χ1n) is 11.5. The van der Waals surface area contributed by atoms with Gasteiger partial charge in [0.25, 0.3) is 17.7 Å². The molecule has 3 amide bonds. The van der Waals surface area contributed by atoms with Crippen molar-refractivity contribution >= 4 is 57.6 Å². The number of amides is 3. The van der Waals surface area contributed by atoms with Gasteiger partial charge in [0.05, 0.1) is 22.9 Å². The van der Waals surface area contributed by atoms with Gasteiger partial charge in [-0.15, -0.1) is 23.1 Å². The van der Waals surface area contributed by atoms with Crippen LogP contribution in [0.5, 0.6) is 0 Å². The summed E-state index contributed by atoms with van der Waals surface area (Å²) in [5.74, 6) is -3.22. The lowest BCUT2D eigenvalue weighted by atomic mass is 10.0. The van der Waals surface area contributed by atoms with Gasteiger partial charge < -0.3 is 31.5 Å². The van der Waals surface area contributed by atoms with Gasteiger partial charge in [0.2, 0.25) is 0 Å². The van der Waals surface area contributed by atoms with Gasteiger partial charge in [-0.05, 0) is 12.1 Å². The summed E-state index contributed by atoms with van der Waals surface area (Å²) >= 11 is 2.41. The van der Waals surface area contributed by atoms with E-state index in [1.54, 1.807) is 29.1 Å². The summed E-state index contributed by atoms with van der Waals surface area (Å²) in [7, 11) is 1.26. The molecule has 0 unspecified atom stereocenters. The number of thioether (sulfide) groups is 1. The van der Waals surface area contributed by atoms with Gasteiger partial charge in [-0.25, -0.2) is 9.55 Å². The van der Waals surface area contributed by atoms with Crippen molar-refractivity contribution in [3.8, 4) is 11.3 Å². The Morgan fingerprint density at radius 3 is 2.85 bits per heavy atom. The lowest BCUT2D eigenvalue weighted by molar-refractivity contribution is -0.688. The average molecular weight is 584 g/mol. The van der Waals surface area contributed by atoms with Crippen molar-refractivity contribution in [3.05, 3.63) is 58.6 Å². The van der Waals surface area contributed by atoms with E-state index >= 15 is 0 Å². The molecular formula is C23H21N9O6S2.